The van der Waals surface area contributed by atoms with Crippen LogP contribution in [0.3, 0.4) is 0 Å². The van der Waals surface area contributed by atoms with Crippen molar-refractivity contribution in [2.45, 2.75) is 31.1 Å². The maximum atomic E-state index is 14.2. The first-order valence-corrected chi connectivity index (χ1v) is 8.76. The Balaban J connectivity index is 2.26. The van der Waals surface area contributed by atoms with Crippen LogP contribution in [0, 0.1) is 11.2 Å². The average molecular weight is 379 g/mol. The van der Waals surface area contributed by atoms with Crippen LogP contribution in [0.5, 0.6) is 0 Å². The number of nitrogens with one attached hydrogen (secondary N) is 1. The Hall–Kier alpha value is -0.990. The first kappa shape index (κ1) is 16.4. The maximum absolute atomic E-state index is 14.2. The molecule has 2 rings (SSSR count). The number of sulfonamides is 1. The lowest BCUT2D eigenvalue weighted by Gasteiger charge is -2.38. The van der Waals surface area contributed by atoms with Gasteiger partial charge in [0.1, 0.15) is 4.90 Å². The van der Waals surface area contributed by atoms with Crippen molar-refractivity contribution >= 4 is 31.9 Å². The van der Waals surface area contributed by atoms with E-state index in [0.29, 0.717) is 6.54 Å². The minimum Gasteiger partial charge on any atom is -0.351 e. The second kappa shape index (κ2) is 5.66. The smallest absolute Gasteiger partial charge is 0.254 e. The van der Waals surface area contributed by atoms with Gasteiger partial charge < -0.3 is 5.32 Å². The lowest BCUT2D eigenvalue weighted by Crippen LogP contribution is -2.40. The topological polar surface area (TPSA) is 89.3 Å². The number of benzene rings is 1. The summed E-state index contributed by atoms with van der Waals surface area (Å²) in [6.07, 6.45) is 3.14. The minimum atomic E-state index is -4.23. The number of hydrogen-bond acceptors (Lipinski definition) is 3. The Morgan fingerprint density at radius 2 is 2.10 bits per heavy atom. The molecule has 116 valence electrons. The number of carbonyl (C=O) groups is 1. The molecule has 1 fully saturated rings. The van der Waals surface area contributed by atoms with Crippen LogP contribution in [0.1, 0.15) is 36.5 Å². The molecule has 3 N–H and O–H groups in total. The fraction of sp³-hybridized carbons (Fsp3) is 0.462. The second-order valence-electron chi connectivity index (χ2n) is 5.66. The van der Waals surface area contributed by atoms with Crippen molar-refractivity contribution in [1.82, 2.24) is 5.32 Å². The lowest BCUT2D eigenvalue weighted by atomic mass is 9.70. The predicted molar refractivity (Wildman–Crippen MR) is 79.8 cm³/mol. The van der Waals surface area contributed by atoms with Gasteiger partial charge in [-0.1, -0.05) is 29.3 Å². The number of nitrogens with two attached hydrogens (primary N) is 1. The fourth-order valence-corrected chi connectivity index (χ4v) is 3.54. The van der Waals surface area contributed by atoms with Crippen LogP contribution in [0.2, 0.25) is 0 Å². The van der Waals surface area contributed by atoms with Crippen LogP contribution < -0.4 is 10.5 Å². The monoisotopic (exact) mass is 378 g/mol. The van der Waals surface area contributed by atoms with E-state index in [9.17, 15) is 17.6 Å². The Morgan fingerprint density at radius 1 is 1.48 bits per heavy atom. The molecule has 0 aliphatic heterocycles. The molecule has 0 unspecified atom stereocenters. The highest BCUT2D eigenvalue weighted by Gasteiger charge is 2.32. The SMILES string of the molecule is CC1(CNC(=O)c2cc(Br)cc(S(N)(=O)=O)c2F)CCC1. The van der Waals surface area contributed by atoms with Crippen LogP contribution in [-0.2, 0) is 10.0 Å². The highest BCUT2D eigenvalue weighted by Crippen LogP contribution is 2.39. The average Bonchev–Trinajstić information content (AvgIpc) is 2.34. The second-order valence-corrected chi connectivity index (χ2v) is 8.10. The van der Waals surface area contributed by atoms with Crippen molar-refractivity contribution in [3.8, 4) is 0 Å². The fourth-order valence-electron chi connectivity index (χ4n) is 2.28. The van der Waals surface area contributed by atoms with E-state index in [1.165, 1.54) is 6.07 Å². The van der Waals surface area contributed by atoms with Crippen LogP contribution >= 0.6 is 15.9 Å². The van der Waals surface area contributed by atoms with Gasteiger partial charge in [0.2, 0.25) is 10.0 Å². The largest absolute Gasteiger partial charge is 0.351 e. The summed E-state index contributed by atoms with van der Waals surface area (Å²) >= 11 is 3.06. The summed E-state index contributed by atoms with van der Waals surface area (Å²) in [6, 6.07) is 2.27. The number of amides is 1. The van der Waals surface area contributed by atoms with Gasteiger partial charge in [0, 0.05) is 11.0 Å². The van der Waals surface area contributed by atoms with Crippen LogP contribution in [0.15, 0.2) is 21.5 Å². The van der Waals surface area contributed by atoms with Crippen LogP contribution in [-0.4, -0.2) is 20.9 Å². The molecule has 0 radical (unpaired) electrons. The van der Waals surface area contributed by atoms with Gasteiger partial charge in [-0.15, -0.1) is 0 Å². The van der Waals surface area contributed by atoms with Gasteiger partial charge in [-0.05, 0) is 30.4 Å². The van der Waals surface area contributed by atoms with E-state index in [2.05, 4.69) is 21.2 Å². The first-order valence-electron chi connectivity index (χ1n) is 6.42. The molecule has 8 heteroatoms. The van der Waals surface area contributed by atoms with Gasteiger partial charge in [0.05, 0.1) is 5.56 Å². The van der Waals surface area contributed by atoms with Crippen molar-refractivity contribution in [2.75, 3.05) is 6.54 Å². The zero-order chi connectivity index (χ0) is 15.8. The Labute approximate surface area is 131 Å². The van der Waals surface area contributed by atoms with E-state index < -0.39 is 26.6 Å². The van der Waals surface area contributed by atoms with Gasteiger partial charge in [-0.3, -0.25) is 4.79 Å². The minimum absolute atomic E-state index is 0.0426. The third kappa shape index (κ3) is 3.61. The maximum Gasteiger partial charge on any atom is 0.254 e. The van der Waals surface area contributed by atoms with E-state index >= 15 is 0 Å². The van der Waals surface area contributed by atoms with Gasteiger partial charge in [-0.2, -0.15) is 0 Å². The highest BCUT2D eigenvalue weighted by atomic mass is 79.9. The van der Waals surface area contributed by atoms with E-state index in [0.717, 1.165) is 25.3 Å². The number of carbonyl (C=O) groups excluding carboxylic acids is 1. The molecule has 1 saturated carbocycles. The predicted octanol–water partition coefficient (Wildman–Crippen LogP) is 2.16. The summed E-state index contributed by atoms with van der Waals surface area (Å²) in [4.78, 5) is 11.4. The standard InChI is InChI=1S/C13H16BrFN2O3S/c1-13(3-2-4-13)7-17-12(18)9-5-8(14)6-10(11(9)15)21(16,19)20/h5-6H,2-4,7H2,1H3,(H,17,18)(H2,16,19,20). The molecule has 0 aromatic heterocycles. The number of rotatable bonds is 4. The third-order valence-electron chi connectivity index (χ3n) is 3.79. The van der Waals surface area contributed by atoms with E-state index in [1.54, 1.807) is 0 Å². The van der Waals surface area contributed by atoms with Crippen molar-refractivity contribution in [3.05, 3.63) is 28.0 Å². The van der Waals surface area contributed by atoms with Gasteiger partial charge in [-0.25, -0.2) is 17.9 Å². The Bertz CT molecular complexity index is 687. The van der Waals surface area contributed by atoms with E-state index in [4.69, 9.17) is 5.14 Å². The molecule has 0 spiro atoms. The zero-order valence-corrected chi connectivity index (χ0v) is 13.9. The molecular weight excluding hydrogens is 363 g/mol. The van der Waals surface area contributed by atoms with E-state index in [1.807, 2.05) is 6.92 Å². The van der Waals surface area contributed by atoms with E-state index in [-0.39, 0.29) is 15.5 Å². The van der Waals surface area contributed by atoms with Gasteiger partial charge >= 0.3 is 0 Å². The van der Waals surface area contributed by atoms with Crippen molar-refractivity contribution in [1.29, 1.82) is 0 Å². The van der Waals surface area contributed by atoms with Crippen molar-refractivity contribution < 1.29 is 17.6 Å². The molecule has 0 bridgehead atoms. The van der Waals surface area contributed by atoms with Crippen molar-refractivity contribution in [3.63, 3.8) is 0 Å². The summed E-state index contributed by atoms with van der Waals surface area (Å²) in [6.45, 7) is 2.48. The summed E-state index contributed by atoms with van der Waals surface area (Å²) in [5.74, 6) is -1.77. The van der Waals surface area contributed by atoms with Gasteiger partial charge in [0.25, 0.3) is 5.91 Å². The van der Waals surface area contributed by atoms with Gasteiger partial charge in [0.15, 0.2) is 5.82 Å². The van der Waals surface area contributed by atoms with Crippen LogP contribution in [0.4, 0.5) is 4.39 Å². The summed E-state index contributed by atoms with van der Waals surface area (Å²) in [7, 11) is -4.23. The first-order chi connectivity index (χ1) is 9.62. The number of hydrogen-bond donors (Lipinski definition) is 2. The zero-order valence-electron chi connectivity index (χ0n) is 11.4. The highest BCUT2D eigenvalue weighted by molar-refractivity contribution is 9.10. The molecule has 1 aliphatic rings. The molecule has 0 saturated heterocycles. The summed E-state index contributed by atoms with van der Waals surface area (Å²) in [5.41, 5.74) is -0.294. The lowest BCUT2D eigenvalue weighted by molar-refractivity contribution is 0.0886. The Morgan fingerprint density at radius 3 is 2.57 bits per heavy atom. The molecule has 0 heterocycles. The molecule has 0 atom stereocenters. The van der Waals surface area contributed by atoms with Crippen LogP contribution in [0.25, 0.3) is 0 Å². The summed E-state index contributed by atoms with van der Waals surface area (Å²) in [5, 5.41) is 7.60. The summed E-state index contributed by atoms with van der Waals surface area (Å²) < 4.78 is 37.1. The molecule has 21 heavy (non-hydrogen) atoms. The third-order valence-corrected chi connectivity index (χ3v) is 5.16. The molecule has 1 aromatic rings. The Kier molecular flexibility index (Phi) is 4.41. The quantitative estimate of drug-likeness (QED) is 0.840. The molecule has 1 aromatic carbocycles. The molecule has 1 aliphatic carbocycles. The number of primary sulfonamides is 1. The van der Waals surface area contributed by atoms with Crippen molar-refractivity contribution in [2.24, 2.45) is 10.6 Å². The molecule has 1 amide bonds. The molecule has 5 nitrogen and oxygen atoms in total. The normalized spacial score (nSPS) is 17.1. The molecular formula is C13H16BrFN2O3S. The number of halogens is 2.